The molecule has 0 radical (unpaired) electrons. The Morgan fingerprint density at radius 2 is 1.73 bits per heavy atom. The molecule has 2 aromatic carbocycles. The molecule has 2 aliphatic rings. The Balaban J connectivity index is 1.53. The van der Waals surface area contributed by atoms with Crippen LogP contribution in [0.15, 0.2) is 35.2 Å². The number of nitrogens with one attached hydrogen (secondary N) is 1. The van der Waals surface area contributed by atoms with Gasteiger partial charge in [-0.25, -0.2) is 12.8 Å². The number of ether oxygens (including phenoxy) is 1. The largest absolute Gasteiger partial charge is 0.378 e. The van der Waals surface area contributed by atoms with Crippen LogP contribution in [0.4, 0.5) is 15.8 Å². The molecule has 1 unspecified atom stereocenters. The van der Waals surface area contributed by atoms with Gasteiger partial charge in [-0.1, -0.05) is 17.7 Å². The summed E-state index contributed by atoms with van der Waals surface area (Å²) in [6, 6.07) is 7.40. The van der Waals surface area contributed by atoms with Crippen LogP contribution in [-0.2, 0) is 19.6 Å². The van der Waals surface area contributed by atoms with Crippen molar-refractivity contribution in [2.45, 2.75) is 44.6 Å². The second kappa shape index (κ2) is 9.40. The zero-order valence-corrected chi connectivity index (χ0v) is 20.0. The van der Waals surface area contributed by atoms with Gasteiger partial charge in [0.15, 0.2) is 0 Å². The highest BCUT2D eigenvalue weighted by molar-refractivity contribution is 7.89. The quantitative estimate of drug-likeness (QED) is 0.717. The lowest BCUT2D eigenvalue weighted by Gasteiger charge is -2.29. The Kier molecular flexibility index (Phi) is 6.74. The van der Waals surface area contributed by atoms with Crippen LogP contribution < -0.4 is 10.2 Å². The molecule has 2 aliphatic heterocycles. The molecule has 4 rings (SSSR count). The van der Waals surface area contributed by atoms with Gasteiger partial charge in [0, 0.05) is 25.3 Å². The number of rotatable bonds is 5. The Morgan fingerprint density at radius 1 is 1.06 bits per heavy atom. The molecule has 0 bridgehead atoms. The minimum absolute atomic E-state index is 0.258. The summed E-state index contributed by atoms with van der Waals surface area (Å²) in [7, 11) is -3.85. The van der Waals surface area contributed by atoms with E-state index in [9.17, 15) is 17.6 Å². The third kappa shape index (κ3) is 4.76. The monoisotopic (exact) mass is 475 g/mol. The fourth-order valence-electron chi connectivity index (χ4n) is 4.85. The van der Waals surface area contributed by atoms with Gasteiger partial charge in [0.1, 0.15) is 11.9 Å². The molecule has 0 saturated carbocycles. The van der Waals surface area contributed by atoms with Gasteiger partial charge in [0.05, 0.1) is 23.8 Å². The van der Waals surface area contributed by atoms with Crippen molar-refractivity contribution in [2.24, 2.45) is 0 Å². The average molecular weight is 476 g/mol. The maximum atomic E-state index is 14.7. The molecule has 2 saturated heterocycles. The van der Waals surface area contributed by atoms with Crippen LogP contribution in [0.25, 0.3) is 0 Å². The van der Waals surface area contributed by atoms with Crippen molar-refractivity contribution in [3.8, 4) is 0 Å². The van der Waals surface area contributed by atoms with E-state index >= 15 is 0 Å². The summed E-state index contributed by atoms with van der Waals surface area (Å²) in [6.07, 6.45) is 1.01. The normalized spacial score (nSPS) is 19.6. The molecule has 2 fully saturated rings. The van der Waals surface area contributed by atoms with Gasteiger partial charge in [-0.3, -0.25) is 4.79 Å². The second-order valence-corrected chi connectivity index (χ2v) is 10.6. The van der Waals surface area contributed by atoms with Crippen molar-refractivity contribution in [3.05, 3.63) is 52.8 Å². The number of benzene rings is 2. The Bertz CT molecular complexity index is 1140. The van der Waals surface area contributed by atoms with Gasteiger partial charge < -0.3 is 15.0 Å². The molecule has 1 atom stereocenters. The minimum Gasteiger partial charge on any atom is -0.378 e. The summed E-state index contributed by atoms with van der Waals surface area (Å²) in [5.41, 5.74) is 3.09. The summed E-state index contributed by atoms with van der Waals surface area (Å²) in [5, 5.41) is 2.72. The molecule has 178 valence electrons. The highest BCUT2D eigenvalue weighted by Crippen LogP contribution is 2.31. The van der Waals surface area contributed by atoms with E-state index in [1.165, 1.54) is 10.4 Å². The number of nitrogens with zero attached hydrogens (tertiary/aromatic N) is 2. The summed E-state index contributed by atoms with van der Waals surface area (Å²) >= 11 is 0. The van der Waals surface area contributed by atoms with Gasteiger partial charge in [-0.15, -0.1) is 0 Å². The van der Waals surface area contributed by atoms with Crippen molar-refractivity contribution in [1.82, 2.24) is 4.31 Å². The highest BCUT2D eigenvalue weighted by Gasteiger charge is 2.40. The van der Waals surface area contributed by atoms with Crippen molar-refractivity contribution in [2.75, 3.05) is 43.1 Å². The van der Waals surface area contributed by atoms with Gasteiger partial charge in [0.25, 0.3) is 0 Å². The fraction of sp³-hybridized carbons (Fsp3) is 0.458. The van der Waals surface area contributed by atoms with Crippen LogP contribution in [0.2, 0.25) is 0 Å². The van der Waals surface area contributed by atoms with Crippen LogP contribution in [0.5, 0.6) is 0 Å². The maximum absolute atomic E-state index is 14.7. The predicted octanol–water partition coefficient (Wildman–Crippen LogP) is 3.38. The highest BCUT2D eigenvalue weighted by atomic mass is 32.2. The minimum atomic E-state index is -3.85. The van der Waals surface area contributed by atoms with Crippen molar-refractivity contribution < 1.29 is 22.3 Å². The van der Waals surface area contributed by atoms with Crippen LogP contribution in [0.1, 0.15) is 29.5 Å². The standard InChI is InChI=1S/C24H30FN3O4S/c1-16-13-17(2)23(18(3)14-16)33(30,31)28-8-4-5-22(28)24(29)26-19-6-7-21(20(25)15-19)27-9-11-32-12-10-27/h6-7,13-15,22H,4-5,8-12H2,1-3H3,(H,26,29). The fourth-order valence-corrected chi connectivity index (χ4v) is 6.92. The molecule has 0 aromatic heterocycles. The molecule has 0 aliphatic carbocycles. The molecule has 2 aromatic rings. The first-order chi connectivity index (χ1) is 15.7. The summed E-state index contributed by atoms with van der Waals surface area (Å²) in [5.74, 6) is -0.881. The van der Waals surface area contributed by atoms with E-state index in [4.69, 9.17) is 4.74 Å². The van der Waals surface area contributed by atoms with E-state index in [0.29, 0.717) is 61.6 Å². The first-order valence-electron chi connectivity index (χ1n) is 11.2. The van der Waals surface area contributed by atoms with Crippen LogP contribution in [0, 0.1) is 26.6 Å². The third-order valence-corrected chi connectivity index (χ3v) is 8.46. The lowest BCUT2D eigenvalue weighted by Crippen LogP contribution is -2.43. The Morgan fingerprint density at radius 3 is 2.36 bits per heavy atom. The van der Waals surface area contributed by atoms with Gasteiger partial charge >= 0.3 is 0 Å². The third-order valence-electron chi connectivity index (χ3n) is 6.24. The van der Waals surface area contributed by atoms with Crippen LogP contribution >= 0.6 is 0 Å². The number of sulfonamides is 1. The van der Waals surface area contributed by atoms with E-state index in [-0.39, 0.29) is 11.4 Å². The molecular formula is C24H30FN3O4S. The summed E-state index contributed by atoms with van der Waals surface area (Å²) in [6.45, 7) is 8.05. The molecule has 9 heteroatoms. The van der Waals surface area contributed by atoms with Crippen molar-refractivity contribution in [3.63, 3.8) is 0 Å². The Labute approximate surface area is 194 Å². The number of carbonyl (C=O) groups excluding carboxylic acids is 1. The number of morpholine rings is 1. The second-order valence-electron chi connectivity index (χ2n) is 8.76. The number of anilines is 2. The molecular weight excluding hydrogens is 445 g/mol. The lowest BCUT2D eigenvalue weighted by atomic mass is 10.1. The number of carbonyl (C=O) groups is 1. The molecule has 2 heterocycles. The SMILES string of the molecule is Cc1cc(C)c(S(=O)(=O)N2CCCC2C(=O)Nc2ccc(N3CCOCC3)c(F)c2)c(C)c1. The zero-order valence-electron chi connectivity index (χ0n) is 19.2. The molecule has 33 heavy (non-hydrogen) atoms. The number of hydrogen-bond acceptors (Lipinski definition) is 5. The maximum Gasteiger partial charge on any atom is 0.244 e. The number of aryl methyl sites for hydroxylation is 3. The van der Waals surface area contributed by atoms with Crippen LogP contribution in [-0.4, -0.2) is 57.5 Å². The molecule has 7 nitrogen and oxygen atoms in total. The van der Waals surface area contributed by atoms with Crippen LogP contribution in [0.3, 0.4) is 0 Å². The first-order valence-corrected chi connectivity index (χ1v) is 12.7. The van der Waals surface area contributed by atoms with Gasteiger partial charge in [0.2, 0.25) is 15.9 Å². The van der Waals surface area contributed by atoms with E-state index in [1.807, 2.05) is 24.0 Å². The Hall–Kier alpha value is -2.49. The summed E-state index contributed by atoms with van der Waals surface area (Å²) in [4.78, 5) is 15.2. The molecule has 0 spiro atoms. The molecule has 1 amide bonds. The van der Waals surface area contributed by atoms with E-state index in [2.05, 4.69) is 5.32 Å². The van der Waals surface area contributed by atoms with E-state index in [1.54, 1.807) is 26.0 Å². The summed E-state index contributed by atoms with van der Waals surface area (Å²) < 4.78 is 48.3. The van der Waals surface area contributed by atoms with Gasteiger partial charge in [-0.2, -0.15) is 4.31 Å². The number of halogens is 1. The number of amides is 1. The topological polar surface area (TPSA) is 79.0 Å². The predicted molar refractivity (Wildman–Crippen MR) is 126 cm³/mol. The lowest BCUT2D eigenvalue weighted by molar-refractivity contribution is -0.119. The van der Waals surface area contributed by atoms with Gasteiger partial charge in [-0.05, 0) is 62.9 Å². The van der Waals surface area contributed by atoms with E-state index in [0.717, 1.165) is 5.56 Å². The van der Waals surface area contributed by atoms with Crippen molar-refractivity contribution >= 4 is 27.3 Å². The number of hydrogen-bond donors (Lipinski definition) is 1. The van der Waals surface area contributed by atoms with Crippen molar-refractivity contribution in [1.29, 1.82) is 0 Å². The molecule has 1 N–H and O–H groups in total. The van der Waals surface area contributed by atoms with E-state index < -0.39 is 27.8 Å². The first kappa shape index (κ1) is 23.7. The smallest absolute Gasteiger partial charge is 0.244 e. The average Bonchev–Trinajstić information content (AvgIpc) is 3.25. The zero-order chi connectivity index (χ0) is 23.8.